The normalized spacial score (nSPS) is 32.6. The molecule has 2 aromatic rings. The smallest absolute Gasteiger partial charge is 0.231 e. The van der Waals surface area contributed by atoms with E-state index in [4.69, 9.17) is 9.47 Å². The summed E-state index contributed by atoms with van der Waals surface area (Å²) >= 11 is 0. The first-order valence-corrected chi connectivity index (χ1v) is 11.1. The minimum Gasteiger partial charge on any atom is -0.454 e. The minimum absolute atomic E-state index is 0.350. The first-order valence-electron chi connectivity index (χ1n) is 11.1. The topological polar surface area (TPSA) is 24.9 Å². The molecular formula is C25H30N2O2. The average molecular weight is 391 g/mol. The Kier molecular flexibility index (Phi) is 4.14. The first-order chi connectivity index (χ1) is 14.2. The standard InChI is InChI=1S/C25H30N2O2/c1-16-3-4-20(17(2)11-16)13-27-14-21(19-5-6-22-23(12-19)29-15-28-22)25-24(27)18-7-9-26(25)10-8-18/h3-6,11-12,18,21,24-25H,7-10,13-15H2,1-2H3/t21-,24+,25+/m0/s1. The molecule has 5 aliphatic heterocycles. The molecule has 4 nitrogen and oxygen atoms in total. The number of rotatable bonds is 3. The Bertz CT molecular complexity index is 934. The van der Waals surface area contributed by atoms with Crippen molar-refractivity contribution in [3.8, 4) is 11.5 Å². The van der Waals surface area contributed by atoms with Gasteiger partial charge in [-0.05, 0) is 74.5 Å². The van der Waals surface area contributed by atoms with E-state index in [2.05, 4.69) is 60.0 Å². The summed E-state index contributed by atoms with van der Waals surface area (Å²) in [4.78, 5) is 5.58. The lowest BCUT2D eigenvalue weighted by Gasteiger charge is -2.51. The fraction of sp³-hybridized carbons (Fsp3) is 0.520. The van der Waals surface area contributed by atoms with Gasteiger partial charge < -0.3 is 9.47 Å². The predicted octanol–water partition coefficient (Wildman–Crippen LogP) is 4.09. The number of fused-ring (bicyclic) bond motifs is 3. The van der Waals surface area contributed by atoms with Crippen LogP contribution in [-0.2, 0) is 6.54 Å². The summed E-state index contributed by atoms with van der Waals surface area (Å²) in [6, 6.07) is 14.9. The minimum atomic E-state index is 0.350. The van der Waals surface area contributed by atoms with Gasteiger partial charge in [-0.2, -0.15) is 0 Å². The van der Waals surface area contributed by atoms with Crippen LogP contribution in [0.25, 0.3) is 0 Å². The summed E-state index contributed by atoms with van der Waals surface area (Å²) in [6.45, 7) is 9.54. The molecule has 29 heavy (non-hydrogen) atoms. The van der Waals surface area contributed by atoms with Gasteiger partial charge in [0.15, 0.2) is 11.5 Å². The van der Waals surface area contributed by atoms with Gasteiger partial charge in [0.2, 0.25) is 6.79 Å². The third-order valence-electron chi connectivity index (χ3n) is 7.79. The van der Waals surface area contributed by atoms with Gasteiger partial charge in [0, 0.05) is 31.1 Å². The molecule has 0 amide bonds. The molecule has 0 saturated carbocycles. The van der Waals surface area contributed by atoms with E-state index in [1.54, 1.807) is 0 Å². The molecular weight excluding hydrogens is 360 g/mol. The number of hydrogen-bond donors (Lipinski definition) is 0. The molecule has 0 aliphatic carbocycles. The summed E-state index contributed by atoms with van der Waals surface area (Å²) < 4.78 is 11.2. The van der Waals surface area contributed by atoms with Crippen molar-refractivity contribution in [1.29, 1.82) is 0 Å². The lowest BCUT2D eigenvalue weighted by atomic mass is 9.75. The molecule has 0 unspecified atom stereocenters. The van der Waals surface area contributed by atoms with Crippen LogP contribution in [0.4, 0.5) is 0 Å². The Balaban J connectivity index is 1.34. The van der Waals surface area contributed by atoms with E-state index in [0.717, 1.165) is 30.5 Å². The monoisotopic (exact) mass is 390 g/mol. The number of nitrogens with zero attached hydrogens (tertiary/aromatic N) is 2. The molecule has 4 saturated heterocycles. The molecule has 3 atom stereocenters. The van der Waals surface area contributed by atoms with Crippen LogP contribution < -0.4 is 9.47 Å². The molecule has 5 heterocycles. The number of likely N-dealkylation sites (tertiary alicyclic amines) is 1. The van der Waals surface area contributed by atoms with Crippen LogP contribution in [0.5, 0.6) is 11.5 Å². The van der Waals surface area contributed by atoms with E-state index in [0.29, 0.717) is 24.8 Å². The zero-order valence-corrected chi connectivity index (χ0v) is 17.4. The molecule has 0 spiro atoms. The van der Waals surface area contributed by atoms with E-state index in [9.17, 15) is 0 Å². The maximum atomic E-state index is 5.70. The predicted molar refractivity (Wildman–Crippen MR) is 114 cm³/mol. The van der Waals surface area contributed by atoms with Crippen LogP contribution in [0.2, 0.25) is 0 Å². The highest BCUT2D eigenvalue weighted by Gasteiger charge is 2.53. The summed E-state index contributed by atoms with van der Waals surface area (Å²) in [5.74, 6) is 3.20. The largest absolute Gasteiger partial charge is 0.454 e. The number of aryl methyl sites for hydroxylation is 2. The van der Waals surface area contributed by atoms with Gasteiger partial charge in [0.25, 0.3) is 0 Å². The maximum absolute atomic E-state index is 5.70. The van der Waals surface area contributed by atoms with E-state index in [1.807, 2.05) is 0 Å². The fourth-order valence-electron chi connectivity index (χ4n) is 6.40. The van der Waals surface area contributed by atoms with Crippen molar-refractivity contribution in [2.24, 2.45) is 5.92 Å². The Morgan fingerprint density at radius 3 is 2.59 bits per heavy atom. The summed E-state index contributed by atoms with van der Waals surface area (Å²) in [5, 5.41) is 0. The van der Waals surface area contributed by atoms with Crippen molar-refractivity contribution >= 4 is 0 Å². The van der Waals surface area contributed by atoms with Crippen LogP contribution >= 0.6 is 0 Å². The Labute approximate surface area is 173 Å². The Morgan fingerprint density at radius 1 is 0.931 bits per heavy atom. The van der Waals surface area contributed by atoms with Crippen molar-refractivity contribution in [2.75, 3.05) is 26.4 Å². The third kappa shape index (κ3) is 2.88. The number of benzene rings is 2. The highest BCUT2D eigenvalue weighted by Crippen LogP contribution is 2.48. The van der Waals surface area contributed by atoms with Crippen LogP contribution in [0.1, 0.15) is 41.0 Å². The van der Waals surface area contributed by atoms with Gasteiger partial charge in [0.1, 0.15) is 0 Å². The molecule has 4 heteroatoms. The van der Waals surface area contributed by atoms with Gasteiger partial charge in [-0.15, -0.1) is 0 Å². The quantitative estimate of drug-likeness (QED) is 0.788. The molecule has 152 valence electrons. The van der Waals surface area contributed by atoms with Crippen LogP contribution in [0.15, 0.2) is 36.4 Å². The third-order valence-corrected chi connectivity index (χ3v) is 7.79. The molecule has 5 aliphatic rings. The highest BCUT2D eigenvalue weighted by atomic mass is 16.7. The molecule has 2 bridgehead atoms. The first kappa shape index (κ1) is 17.8. The molecule has 0 radical (unpaired) electrons. The van der Waals surface area contributed by atoms with Crippen molar-refractivity contribution in [3.63, 3.8) is 0 Å². The second-order valence-corrected chi connectivity index (χ2v) is 9.43. The van der Waals surface area contributed by atoms with Gasteiger partial charge in [0.05, 0.1) is 0 Å². The van der Waals surface area contributed by atoms with Crippen LogP contribution in [0, 0.1) is 19.8 Å². The lowest BCUT2D eigenvalue weighted by molar-refractivity contribution is -0.00873. The van der Waals surface area contributed by atoms with Gasteiger partial charge in [-0.3, -0.25) is 9.80 Å². The molecule has 7 rings (SSSR count). The van der Waals surface area contributed by atoms with Gasteiger partial charge in [-0.25, -0.2) is 0 Å². The van der Waals surface area contributed by atoms with Crippen LogP contribution in [-0.4, -0.2) is 48.3 Å². The van der Waals surface area contributed by atoms with E-state index in [1.165, 1.54) is 48.2 Å². The number of ether oxygens (including phenoxy) is 2. The second-order valence-electron chi connectivity index (χ2n) is 9.43. The van der Waals surface area contributed by atoms with Crippen LogP contribution in [0.3, 0.4) is 0 Å². The highest BCUT2D eigenvalue weighted by molar-refractivity contribution is 5.46. The lowest BCUT2D eigenvalue weighted by Crippen LogP contribution is -2.60. The SMILES string of the molecule is Cc1ccc(CN2C[C@@H](c3ccc4c(c3)OCO4)[C@@H]3[C@H]2C2CCN3CC2)c(C)c1. The van der Waals surface area contributed by atoms with Crippen molar-refractivity contribution in [2.45, 2.75) is 51.2 Å². The molecule has 2 aromatic carbocycles. The molecule has 4 fully saturated rings. The van der Waals surface area contributed by atoms with Gasteiger partial charge in [-0.1, -0.05) is 29.8 Å². The van der Waals surface area contributed by atoms with E-state index in [-0.39, 0.29) is 0 Å². The number of hydrogen-bond acceptors (Lipinski definition) is 4. The Morgan fingerprint density at radius 2 is 1.76 bits per heavy atom. The van der Waals surface area contributed by atoms with Crippen molar-refractivity contribution in [3.05, 3.63) is 58.7 Å². The number of piperidine rings is 3. The second kappa shape index (κ2) is 6.75. The van der Waals surface area contributed by atoms with E-state index < -0.39 is 0 Å². The fourth-order valence-corrected chi connectivity index (χ4v) is 6.40. The maximum Gasteiger partial charge on any atom is 0.231 e. The summed E-state index contributed by atoms with van der Waals surface area (Å²) in [7, 11) is 0. The van der Waals surface area contributed by atoms with E-state index >= 15 is 0 Å². The molecule has 0 aromatic heterocycles. The van der Waals surface area contributed by atoms with Crippen molar-refractivity contribution in [1.82, 2.24) is 9.80 Å². The van der Waals surface area contributed by atoms with Crippen molar-refractivity contribution < 1.29 is 9.47 Å². The molecule has 0 N–H and O–H groups in total. The summed E-state index contributed by atoms with van der Waals surface area (Å²) in [6.07, 6.45) is 2.72. The zero-order valence-electron chi connectivity index (χ0n) is 17.4. The zero-order chi connectivity index (χ0) is 19.5. The average Bonchev–Trinajstić information content (AvgIpc) is 3.36. The summed E-state index contributed by atoms with van der Waals surface area (Å²) in [5.41, 5.74) is 5.68. The van der Waals surface area contributed by atoms with Gasteiger partial charge >= 0.3 is 0 Å². The Hall–Kier alpha value is -2.04.